The summed E-state index contributed by atoms with van der Waals surface area (Å²) in [7, 11) is 1.56. The minimum atomic E-state index is -1.15. The van der Waals surface area contributed by atoms with Gasteiger partial charge in [-0.15, -0.1) is 0 Å². The molecule has 1 aromatic heterocycles. The van der Waals surface area contributed by atoms with Gasteiger partial charge >= 0.3 is 6.03 Å². The van der Waals surface area contributed by atoms with Crippen LogP contribution in [-0.2, 0) is 22.2 Å². The third-order valence-corrected chi connectivity index (χ3v) is 17.1. The molecule has 0 spiro atoms. The zero-order chi connectivity index (χ0) is 53.7. The van der Waals surface area contributed by atoms with E-state index in [1.54, 1.807) is 7.05 Å². The first-order chi connectivity index (χ1) is 36.5. The standard InChI is InChI=1S/C56H62ClF5N8O6/c1-30-27-68(20-17-36(30)45-39(59)25-38-51(50(45)62)67(3)66-53(38)70-23-18-43(71)65-55(70)74)28-32-15-21-69(22-16-32)54(73)33-9-11-35(12-10-33)64-29-56(34-7-5-4-6-8-34)31(2)44-42(76-56)26-40(60)48(57)47(44)46-37(52(63)72)13-14-41(49(46)61)75-24-19-58/h4-8,13-14,25-26,30-33,35-36,64H,9-12,15-24,27-29H2,1-3H3,(H2,63,72)(H,65,71,74). The van der Waals surface area contributed by atoms with Gasteiger partial charge in [-0.2, -0.15) is 5.10 Å². The number of carbonyl (C=O) groups is 4. The summed E-state index contributed by atoms with van der Waals surface area (Å²) in [6.45, 7) is 6.36. The van der Waals surface area contributed by atoms with Crippen LogP contribution in [0.4, 0.5) is 32.6 Å². The Labute approximate surface area is 442 Å². The molecule has 4 N–H and O–H groups in total. The van der Waals surface area contributed by atoms with Crippen LogP contribution in [0, 0.1) is 41.0 Å². The largest absolute Gasteiger partial charge is 0.488 e. The average Bonchev–Trinajstić information content (AvgIpc) is 3.88. The van der Waals surface area contributed by atoms with Gasteiger partial charge in [0.05, 0.1) is 16.0 Å². The number of nitrogens with two attached hydrogens (primary N) is 1. The van der Waals surface area contributed by atoms with Crippen molar-refractivity contribution in [3.8, 4) is 22.6 Å². The molecule has 5 heterocycles. The Morgan fingerprint density at radius 1 is 0.908 bits per heavy atom. The molecule has 20 heteroatoms. The van der Waals surface area contributed by atoms with Crippen LogP contribution in [0.1, 0.15) is 104 Å². The Balaban J connectivity index is 0.746. The summed E-state index contributed by atoms with van der Waals surface area (Å²) in [6.07, 6.45) is 5.16. The quantitative estimate of drug-likeness (QED) is 0.0920. The number of piperidine rings is 2. The fourth-order valence-corrected chi connectivity index (χ4v) is 13.0. The lowest BCUT2D eigenvalue weighted by atomic mass is 9.77. The van der Waals surface area contributed by atoms with Crippen LogP contribution in [0.5, 0.6) is 11.5 Å². The van der Waals surface area contributed by atoms with Gasteiger partial charge in [-0.05, 0) is 93.0 Å². The predicted molar refractivity (Wildman–Crippen MR) is 276 cm³/mol. The van der Waals surface area contributed by atoms with Crippen molar-refractivity contribution in [2.24, 2.45) is 30.5 Å². The zero-order valence-corrected chi connectivity index (χ0v) is 43.5. The number of nitrogens with one attached hydrogen (secondary N) is 2. The molecule has 4 aromatic carbocycles. The van der Waals surface area contributed by atoms with E-state index in [1.165, 1.54) is 33.8 Å². The lowest BCUT2D eigenvalue weighted by Crippen LogP contribution is -2.49. The van der Waals surface area contributed by atoms with Gasteiger partial charge in [-0.25, -0.2) is 26.7 Å². The zero-order valence-electron chi connectivity index (χ0n) is 42.7. The molecule has 14 nitrogen and oxygen atoms in total. The highest BCUT2D eigenvalue weighted by molar-refractivity contribution is 6.34. The highest BCUT2D eigenvalue weighted by Gasteiger charge is 2.50. The first-order valence-corrected chi connectivity index (χ1v) is 26.7. The SMILES string of the molecule is CC1CN(CC2CCN(C(=O)C3CCC(NCC4(c5ccccc5)Oc5cc(F)c(Cl)c(-c6c(C(N)=O)ccc(OCCF)c6F)c5C4C)CC3)CC2)CCC1c1c(F)cc2c(N3CCC(=O)NC3=O)nn(C)c2c1F. The average molecular weight is 1070 g/mol. The van der Waals surface area contributed by atoms with Gasteiger partial charge in [-0.3, -0.25) is 29.3 Å². The van der Waals surface area contributed by atoms with E-state index < -0.39 is 70.9 Å². The van der Waals surface area contributed by atoms with E-state index >= 15 is 17.6 Å². The van der Waals surface area contributed by atoms with Crippen LogP contribution in [0.15, 0.2) is 54.6 Å². The molecule has 10 rings (SSSR count). The van der Waals surface area contributed by atoms with Crippen LogP contribution < -0.4 is 30.7 Å². The van der Waals surface area contributed by atoms with Crippen LogP contribution >= 0.6 is 11.6 Å². The lowest BCUT2D eigenvalue weighted by molar-refractivity contribution is -0.138. The van der Waals surface area contributed by atoms with Crippen molar-refractivity contribution in [3.05, 3.63) is 105 Å². The number of anilines is 1. The first-order valence-electron chi connectivity index (χ1n) is 26.3. The highest BCUT2D eigenvalue weighted by Crippen LogP contribution is 2.57. The molecule has 5 amide bonds. The summed E-state index contributed by atoms with van der Waals surface area (Å²) >= 11 is 6.70. The van der Waals surface area contributed by atoms with E-state index in [1.807, 2.05) is 49.1 Å². The summed E-state index contributed by atoms with van der Waals surface area (Å²) in [5.74, 6) is -5.42. The minimum absolute atomic E-state index is 0.0199. The maximum Gasteiger partial charge on any atom is 0.329 e. The van der Waals surface area contributed by atoms with Gasteiger partial charge < -0.3 is 30.3 Å². The maximum atomic E-state index is 16.5. The number of fused-ring (bicyclic) bond motifs is 2. The van der Waals surface area contributed by atoms with Crippen molar-refractivity contribution < 1.29 is 50.6 Å². The number of aromatic nitrogens is 2. The number of nitrogens with zero attached hydrogens (tertiary/aromatic N) is 5. The Kier molecular flexibility index (Phi) is 15.1. The molecule has 4 aliphatic heterocycles. The minimum Gasteiger partial charge on any atom is -0.488 e. The van der Waals surface area contributed by atoms with E-state index in [2.05, 4.69) is 20.6 Å². The molecule has 1 aliphatic carbocycles. The Bertz CT molecular complexity index is 3080. The van der Waals surface area contributed by atoms with E-state index in [0.29, 0.717) is 56.9 Å². The van der Waals surface area contributed by atoms with E-state index in [-0.39, 0.29) is 99.7 Å². The molecule has 3 saturated heterocycles. The van der Waals surface area contributed by atoms with Gasteiger partial charge in [-0.1, -0.05) is 55.8 Å². The maximum absolute atomic E-state index is 16.5. The number of likely N-dealkylation sites (tertiary alicyclic amines) is 2. The van der Waals surface area contributed by atoms with Gasteiger partial charge in [0.2, 0.25) is 17.7 Å². The van der Waals surface area contributed by atoms with Crippen molar-refractivity contribution in [2.75, 3.05) is 64.0 Å². The van der Waals surface area contributed by atoms with Crippen molar-refractivity contribution >= 4 is 52.1 Å². The molecule has 5 aliphatic rings. The van der Waals surface area contributed by atoms with Crippen LogP contribution in [-0.4, -0.2) is 108 Å². The molecule has 4 fully saturated rings. The number of primary amides is 1. The molecular formula is C56H62ClF5N8O6. The predicted octanol–water partition coefficient (Wildman–Crippen LogP) is 9.25. The molecule has 4 unspecified atom stereocenters. The fourth-order valence-electron chi connectivity index (χ4n) is 12.8. The topological polar surface area (TPSA) is 164 Å². The van der Waals surface area contributed by atoms with Crippen LogP contribution in [0.3, 0.4) is 0 Å². The number of urea groups is 1. The number of halogens is 6. The number of rotatable bonds is 14. The molecular weight excluding hydrogens is 1010 g/mol. The number of imide groups is 1. The third kappa shape index (κ3) is 9.75. The van der Waals surface area contributed by atoms with E-state index in [9.17, 15) is 23.6 Å². The monoisotopic (exact) mass is 1070 g/mol. The van der Waals surface area contributed by atoms with Crippen LogP contribution in [0.2, 0.25) is 5.02 Å². The number of amides is 5. The van der Waals surface area contributed by atoms with Gasteiger partial charge in [0, 0.05) is 98.9 Å². The summed E-state index contributed by atoms with van der Waals surface area (Å²) in [4.78, 5) is 56.7. The molecule has 404 valence electrons. The molecule has 0 bridgehead atoms. The Morgan fingerprint density at radius 3 is 2.33 bits per heavy atom. The second kappa shape index (κ2) is 21.6. The summed E-state index contributed by atoms with van der Waals surface area (Å²) in [5, 5.41) is 10.1. The number of ether oxygens (including phenoxy) is 2. The van der Waals surface area contributed by atoms with Gasteiger partial charge in [0.15, 0.2) is 28.8 Å². The van der Waals surface area contributed by atoms with Gasteiger partial charge in [0.1, 0.15) is 36.2 Å². The lowest BCUT2D eigenvalue weighted by Gasteiger charge is -2.41. The van der Waals surface area contributed by atoms with Crippen molar-refractivity contribution in [1.29, 1.82) is 0 Å². The van der Waals surface area contributed by atoms with Crippen molar-refractivity contribution in [3.63, 3.8) is 0 Å². The number of hydrogen-bond acceptors (Lipinski definition) is 9. The normalized spacial score (nSPS) is 24.4. The van der Waals surface area contributed by atoms with Crippen LogP contribution in [0.25, 0.3) is 22.0 Å². The molecule has 76 heavy (non-hydrogen) atoms. The Morgan fingerprint density at radius 2 is 1.64 bits per heavy atom. The smallest absolute Gasteiger partial charge is 0.329 e. The first kappa shape index (κ1) is 53.1. The van der Waals surface area contributed by atoms with E-state index in [0.717, 1.165) is 37.8 Å². The fraction of sp³-hybridized carbons (Fsp3) is 0.482. The number of benzene rings is 4. The van der Waals surface area contributed by atoms with Gasteiger partial charge in [0.25, 0.3) is 0 Å². The second-order valence-electron chi connectivity index (χ2n) is 21.3. The number of carbonyl (C=O) groups excluding carboxylic acids is 4. The third-order valence-electron chi connectivity index (χ3n) is 16.7. The van der Waals surface area contributed by atoms with E-state index in [4.69, 9.17) is 26.8 Å². The number of aryl methyl sites for hydroxylation is 1. The highest BCUT2D eigenvalue weighted by atomic mass is 35.5. The molecule has 5 aromatic rings. The summed E-state index contributed by atoms with van der Waals surface area (Å²) in [5.41, 5.74) is 5.14. The summed E-state index contributed by atoms with van der Waals surface area (Å²) < 4.78 is 91.3. The molecule has 1 saturated carbocycles. The summed E-state index contributed by atoms with van der Waals surface area (Å²) in [6, 6.07) is 13.6. The molecule has 4 atom stereocenters. The number of alkyl halides is 1. The second-order valence-corrected chi connectivity index (χ2v) is 21.6. The molecule has 0 radical (unpaired) electrons. The number of hydrogen-bond donors (Lipinski definition) is 3. The van der Waals surface area contributed by atoms with Crippen molar-refractivity contribution in [2.45, 2.75) is 88.7 Å². The Hall–Kier alpha value is -6.31. The van der Waals surface area contributed by atoms with Crippen molar-refractivity contribution in [1.82, 2.24) is 30.2 Å².